The van der Waals surface area contributed by atoms with Gasteiger partial charge in [0.15, 0.2) is 0 Å². The lowest BCUT2D eigenvalue weighted by atomic mass is 10.1. The van der Waals surface area contributed by atoms with Gasteiger partial charge in [-0.25, -0.2) is 5.01 Å². The smallest absolute Gasteiger partial charge is 0.256 e. The van der Waals surface area contributed by atoms with E-state index in [1.54, 1.807) is 17.1 Å². The summed E-state index contributed by atoms with van der Waals surface area (Å²) in [6.07, 6.45) is 0.780. The number of hydrogen-bond acceptors (Lipinski definition) is 3. The lowest BCUT2D eigenvalue weighted by Gasteiger charge is -2.19. The maximum absolute atomic E-state index is 12.5. The number of likely N-dealkylation sites (N-methyl/N-ethyl adjacent to an activating group) is 1. The van der Waals surface area contributed by atoms with Crippen LogP contribution in [-0.2, 0) is 11.3 Å². The summed E-state index contributed by atoms with van der Waals surface area (Å²) in [5.74, 6) is -0.0153. The van der Waals surface area contributed by atoms with Gasteiger partial charge in [-0.2, -0.15) is 5.10 Å². The van der Waals surface area contributed by atoms with Gasteiger partial charge in [-0.05, 0) is 30.3 Å². The lowest BCUT2D eigenvalue weighted by molar-refractivity contribution is -0.131. The monoisotopic (exact) mass is 375 g/mol. The Bertz CT molecular complexity index is 793. The van der Waals surface area contributed by atoms with Gasteiger partial charge in [0.2, 0.25) is 0 Å². The summed E-state index contributed by atoms with van der Waals surface area (Å²) in [4.78, 5) is 14.4. The van der Waals surface area contributed by atoms with E-state index in [1.165, 1.54) is 0 Å². The molecule has 0 atom stereocenters. The van der Waals surface area contributed by atoms with Gasteiger partial charge in [-0.3, -0.25) is 9.69 Å². The summed E-state index contributed by atoms with van der Waals surface area (Å²) in [6, 6.07) is 15.4. The van der Waals surface area contributed by atoms with E-state index in [2.05, 4.69) is 5.10 Å². The van der Waals surface area contributed by atoms with Crippen molar-refractivity contribution in [3.63, 3.8) is 0 Å². The Balaban J connectivity index is 1.59. The maximum Gasteiger partial charge on any atom is 0.256 e. The van der Waals surface area contributed by atoms with E-state index in [0.717, 1.165) is 23.3 Å². The molecule has 1 aliphatic rings. The van der Waals surface area contributed by atoms with Crippen LogP contribution in [0.3, 0.4) is 0 Å². The molecule has 1 heterocycles. The second kappa shape index (κ2) is 8.00. The topological polar surface area (TPSA) is 35.9 Å². The maximum atomic E-state index is 12.5. The van der Waals surface area contributed by atoms with Gasteiger partial charge in [0, 0.05) is 23.0 Å². The van der Waals surface area contributed by atoms with Crippen LogP contribution in [0.1, 0.15) is 17.5 Å². The summed E-state index contributed by atoms with van der Waals surface area (Å²) in [5, 5.41) is 7.25. The SMILES string of the molecule is CN(CC(=O)N1CCC(c2ccccc2)=N1)Cc1ccc(Cl)cc1Cl. The van der Waals surface area contributed by atoms with E-state index in [0.29, 0.717) is 23.1 Å². The largest absolute Gasteiger partial charge is 0.293 e. The average molecular weight is 376 g/mol. The minimum atomic E-state index is -0.0153. The molecule has 4 nitrogen and oxygen atoms in total. The number of carbonyl (C=O) groups excluding carboxylic acids is 1. The van der Waals surface area contributed by atoms with Crippen LogP contribution in [0, 0.1) is 0 Å². The Morgan fingerprint density at radius 2 is 1.96 bits per heavy atom. The van der Waals surface area contributed by atoms with Gasteiger partial charge in [0.25, 0.3) is 5.91 Å². The quantitative estimate of drug-likeness (QED) is 0.789. The molecule has 1 amide bonds. The normalized spacial score (nSPS) is 14.1. The first kappa shape index (κ1) is 17.9. The van der Waals surface area contributed by atoms with E-state index < -0.39 is 0 Å². The second-order valence-corrected chi connectivity index (χ2v) is 6.93. The number of rotatable bonds is 5. The Kier molecular flexibility index (Phi) is 5.74. The van der Waals surface area contributed by atoms with E-state index >= 15 is 0 Å². The molecule has 0 aliphatic carbocycles. The molecule has 0 fully saturated rings. The average Bonchev–Trinajstić information content (AvgIpc) is 3.08. The Labute approximate surface area is 157 Å². The molecule has 2 aromatic carbocycles. The van der Waals surface area contributed by atoms with Crippen molar-refractivity contribution in [2.24, 2.45) is 5.10 Å². The first-order valence-electron chi connectivity index (χ1n) is 8.08. The number of carbonyl (C=O) groups is 1. The molecule has 0 saturated carbocycles. The van der Waals surface area contributed by atoms with Crippen molar-refractivity contribution in [3.05, 3.63) is 69.7 Å². The molecular formula is C19H19Cl2N3O. The molecule has 0 N–H and O–H groups in total. The summed E-state index contributed by atoms with van der Waals surface area (Å²) in [6.45, 7) is 1.48. The van der Waals surface area contributed by atoms with Gasteiger partial charge in [0.1, 0.15) is 0 Å². The highest BCUT2D eigenvalue weighted by Crippen LogP contribution is 2.22. The Morgan fingerprint density at radius 1 is 1.20 bits per heavy atom. The first-order valence-corrected chi connectivity index (χ1v) is 8.84. The van der Waals surface area contributed by atoms with Crippen molar-refractivity contribution in [3.8, 4) is 0 Å². The molecule has 3 rings (SSSR count). The minimum Gasteiger partial charge on any atom is -0.293 e. The first-order chi connectivity index (χ1) is 12.0. The lowest BCUT2D eigenvalue weighted by Crippen LogP contribution is -2.34. The van der Waals surface area contributed by atoms with Crippen molar-refractivity contribution in [2.75, 3.05) is 20.1 Å². The van der Waals surface area contributed by atoms with Crippen LogP contribution in [0.4, 0.5) is 0 Å². The van der Waals surface area contributed by atoms with Crippen LogP contribution < -0.4 is 0 Å². The fourth-order valence-electron chi connectivity index (χ4n) is 2.78. The van der Waals surface area contributed by atoms with E-state index in [4.69, 9.17) is 23.2 Å². The van der Waals surface area contributed by atoms with Gasteiger partial charge in [-0.15, -0.1) is 0 Å². The van der Waals surface area contributed by atoms with Crippen LogP contribution in [0.15, 0.2) is 53.6 Å². The molecule has 0 bridgehead atoms. The third-order valence-corrected chi connectivity index (χ3v) is 4.64. The Morgan fingerprint density at radius 3 is 2.68 bits per heavy atom. The number of hydrazone groups is 1. The zero-order valence-corrected chi connectivity index (χ0v) is 15.5. The van der Waals surface area contributed by atoms with Gasteiger partial charge >= 0.3 is 0 Å². The third kappa shape index (κ3) is 4.60. The standard InChI is InChI=1S/C19H19Cl2N3O/c1-23(12-15-7-8-16(20)11-17(15)21)13-19(25)24-10-9-18(22-24)14-5-3-2-4-6-14/h2-8,11H,9-10,12-13H2,1H3. The molecule has 25 heavy (non-hydrogen) atoms. The molecular weight excluding hydrogens is 357 g/mol. The predicted molar refractivity (Wildman–Crippen MR) is 102 cm³/mol. The fourth-order valence-corrected chi connectivity index (χ4v) is 3.25. The van der Waals surface area contributed by atoms with Crippen molar-refractivity contribution in [2.45, 2.75) is 13.0 Å². The summed E-state index contributed by atoms with van der Waals surface area (Å²) in [7, 11) is 1.89. The molecule has 0 spiro atoms. The van der Waals surface area contributed by atoms with Crippen molar-refractivity contribution in [1.82, 2.24) is 9.91 Å². The van der Waals surface area contributed by atoms with Crippen LogP contribution >= 0.6 is 23.2 Å². The molecule has 130 valence electrons. The van der Waals surface area contributed by atoms with Crippen LogP contribution in [-0.4, -0.2) is 41.7 Å². The van der Waals surface area contributed by atoms with E-state index in [-0.39, 0.29) is 12.5 Å². The predicted octanol–water partition coefficient (Wildman–Crippen LogP) is 4.06. The number of amides is 1. The van der Waals surface area contributed by atoms with Gasteiger partial charge < -0.3 is 0 Å². The van der Waals surface area contributed by atoms with E-state index in [9.17, 15) is 4.79 Å². The summed E-state index contributed by atoms with van der Waals surface area (Å²) < 4.78 is 0. The van der Waals surface area contributed by atoms with Crippen LogP contribution in [0.2, 0.25) is 10.0 Å². The zero-order valence-electron chi connectivity index (χ0n) is 14.0. The minimum absolute atomic E-state index is 0.0153. The highest BCUT2D eigenvalue weighted by Gasteiger charge is 2.22. The zero-order chi connectivity index (χ0) is 17.8. The molecule has 2 aromatic rings. The van der Waals surface area contributed by atoms with Crippen molar-refractivity contribution >= 4 is 34.8 Å². The molecule has 1 aliphatic heterocycles. The molecule has 6 heteroatoms. The third-order valence-electron chi connectivity index (χ3n) is 4.06. The molecule has 0 aromatic heterocycles. The molecule has 0 saturated heterocycles. The second-order valence-electron chi connectivity index (χ2n) is 6.09. The van der Waals surface area contributed by atoms with Crippen LogP contribution in [0.25, 0.3) is 0 Å². The van der Waals surface area contributed by atoms with Crippen LogP contribution in [0.5, 0.6) is 0 Å². The number of hydrogen-bond donors (Lipinski definition) is 0. The highest BCUT2D eigenvalue weighted by molar-refractivity contribution is 6.35. The van der Waals surface area contributed by atoms with Gasteiger partial charge in [-0.1, -0.05) is 59.6 Å². The van der Waals surface area contributed by atoms with Crippen molar-refractivity contribution in [1.29, 1.82) is 0 Å². The van der Waals surface area contributed by atoms with Gasteiger partial charge in [0.05, 0.1) is 18.8 Å². The fraction of sp³-hybridized carbons (Fsp3) is 0.263. The summed E-state index contributed by atoms with van der Waals surface area (Å²) in [5.41, 5.74) is 2.97. The van der Waals surface area contributed by atoms with Crippen molar-refractivity contribution < 1.29 is 4.79 Å². The number of nitrogens with zero attached hydrogens (tertiary/aromatic N) is 3. The molecule has 0 radical (unpaired) electrons. The number of halogens is 2. The number of benzene rings is 2. The summed E-state index contributed by atoms with van der Waals surface area (Å²) >= 11 is 12.1. The van der Waals surface area contributed by atoms with E-state index in [1.807, 2.05) is 48.3 Å². The highest BCUT2D eigenvalue weighted by atomic mass is 35.5. The molecule has 0 unspecified atom stereocenters. The Hall–Kier alpha value is -1.88.